The number of ether oxygens (including phenoxy) is 2. The molecule has 1 saturated heterocycles. The third kappa shape index (κ3) is 5.02. The van der Waals surface area contributed by atoms with Crippen molar-refractivity contribution in [1.82, 2.24) is 4.98 Å². The largest absolute Gasteiger partial charge is 0.484 e. The highest BCUT2D eigenvalue weighted by Gasteiger charge is 2.26. The molecule has 3 aromatic rings. The predicted octanol–water partition coefficient (Wildman–Crippen LogP) is 4.71. The van der Waals surface area contributed by atoms with E-state index in [0.29, 0.717) is 17.4 Å². The lowest BCUT2D eigenvalue weighted by atomic mass is 10.1. The average molecular weight is 409 g/mol. The fraction of sp³-hybridized carbons (Fsp3) is 0.304. The minimum Gasteiger partial charge on any atom is -0.484 e. The molecule has 2 aromatic carbocycles. The molecule has 0 aliphatic carbocycles. The van der Waals surface area contributed by atoms with Crippen LogP contribution in [0, 0.1) is 6.92 Å². The molecule has 0 saturated carbocycles. The van der Waals surface area contributed by atoms with Crippen LogP contribution in [0.1, 0.15) is 18.4 Å². The molecule has 0 bridgehead atoms. The highest BCUT2D eigenvalue weighted by Crippen LogP contribution is 2.29. The fourth-order valence-electron chi connectivity index (χ4n) is 3.26. The van der Waals surface area contributed by atoms with E-state index in [1.165, 1.54) is 16.9 Å². The molecular weight excluding hydrogens is 384 g/mol. The molecule has 1 amide bonds. The summed E-state index contributed by atoms with van der Waals surface area (Å²) in [6.45, 7) is 3.28. The van der Waals surface area contributed by atoms with Crippen molar-refractivity contribution in [3.05, 3.63) is 65.5 Å². The van der Waals surface area contributed by atoms with Crippen molar-refractivity contribution < 1.29 is 14.3 Å². The molecular formula is C23H24N2O3S. The summed E-state index contributed by atoms with van der Waals surface area (Å²) in [5.41, 5.74) is 3.12. The topological polar surface area (TPSA) is 51.7 Å². The summed E-state index contributed by atoms with van der Waals surface area (Å²) in [4.78, 5) is 19.5. The molecule has 29 heavy (non-hydrogen) atoms. The van der Waals surface area contributed by atoms with E-state index < -0.39 is 0 Å². The Labute approximate surface area is 174 Å². The molecule has 4 rings (SSSR count). The molecule has 1 aliphatic rings. The molecule has 0 radical (unpaired) electrons. The summed E-state index contributed by atoms with van der Waals surface area (Å²) in [6, 6.07) is 17.6. The highest BCUT2D eigenvalue weighted by atomic mass is 32.1. The van der Waals surface area contributed by atoms with Crippen molar-refractivity contribution in [2.24, 2.45) is 0 Å². The van der Waals surface area contributed by atoms with Gasteiger partial charge in [0.15, 0.2) is 11.7 Å². The molecule has 0 spiro atoms. The smallest absolute Gasteiger partial charge is 0.266 e. The number of aromatic nitrogens is 1. The Balaban J connectivity index is 1.51. The lowest BCUT2D eigenvalue weighted by Crippen LogP contribution is -2.40. The van der Waals surface area contributed by atoms with Crippen molar-refractivity contribution >= 4 is 22.4 Å². The van der Waals surface area contributed by atoms with Gasteiger partial charge in [-0.1, -0.05) is 48.0 Å². The Morgan fingerprint density at radius 3 is 2.72 bits per heavy atom. The number of hydrogen-bond donors (Lipinski definition) is 0. The van der Waals surface area contributed by atoms with Gasteiger partial charge in [0, 0.05) is 17.6 Å². The van der Waals surface area contributed by atoms with Gasteiger partial charge in [0.2, 0.25) is 0 Å². The summed E-state index contributed by atoms with van der Waals surface area (Å²) >= 11 is 1.47. The summed E-state index contributed by atoms with van der Waals surface area (Å²) in [5.74, 6) is 0.562. The average Bonchev–Trinajstić information content (AvgIpc) is 3.44. The third-order valence-electron chi connectivity index (χ3n) is 4.89. The van der Waals surface area contributed by atoms with Gasteiger partial charge in [-0.2, -0.15) is 0 Å². The van der Waals surface area contributed by atoms with Crippen molar-refractivity contribution in [3.8, 4) is 17.0 Å². The van der Waals surface area contributed by atoms with Gasteiger partial charge in [-0.15, -0.1) is 11.3 Å². The van der Waals surface area contributed by atoms with Gasteiger partial charge in [0.05, 0.1) is 18.3 Å². The van der Waals surface area contributed by atoms with Crippen LogP contribution in [0.15, 0.2) is 60.0 Å². The number of amides is 1. The number of para-hydroxylation sites is 1. The first kappa shape index (κ1) is 19.6. The van der Waals surface area contributed by atoms with E-state index in [4.69, 9.17) is 14.5 Å². The standard InChI is InChI=1S/C23H24N2O3S/c1-17-9-11-18(12-10-17)21-16-29-23(24-21)25(14-20-8-5-13-27-20)22(26)15-28-19-6-3-2-4-7-19/h2-4,6-7,9-12,16,20H,5,8,13-15H2,1H3/t20-/m0/s1. The molecule has 2 heterocycles. The first-order valence-electron chi connectivity index (χ1n) is 9.81. The minimum absolute atomic E-state index is 0.0316. The van der Waals surface area contributed by atoms with Crippen molar-refractivity contribution in [1.29, 1.82) is 0 Å². The number of aryl methyl sites for hydroxylation is 1. The fourth-order valence-corrected chi connectivity index (χ4v) is 4.12. The van der Waals surface area contributed by atoms with Gasteiger partial charge in [0.1, 0.15) is 5.75 Å². The number of carbonyl (C=O) groups excluding carboxylic acids is 1. The first-order valence-corrected chi connectivity index (χ1v) is 10.7. The van der Waals surface area contributed by atoms with Crippen molar-refractivity contribution in [2.45, 2.75) is 25.9 Å². The van der Waals surface area contributed by atoms with E-state index in [1.54, 1.807) is 4.90 Å². The maximum atomic E-state index is 13.0. The number of benzene rings is 2. The van der Waals surface area contributed by atoms with Crippen LogP contribution in [0.3, 0.4) is 0 Å². The van der Waals surface area contributed by atoms with Crippen LogP contribution in [0.25, 0.3) is 11.3 Å². The zero-order valence-corrected chi connectivity index (χ0v) is 17.2. The number of anilines is 1. The molecule has 1 fully saturated rings. The minimum atomic E-state index is -0.117. The summed E-state index contributed by atoms with van der Waals surface area (Å²) < 4.78 is 11.4. The predicted molar refractivity (Wildman–Crippen MR) is 116 cm³/mol. The van der Waals surface area contributed by atoms with Crippen LogP contribution in [0.5, 0.6) is 5.75 Å². The van der Waals surface area contributed by atoms with E-state index in [2.05, 4.69) is 31.2 Å². The van der Waals surface area contributed by atoms with Crippen LogP contribution in [0.2, 0.25) is 0 Å². The molecule has 0 N–H and O–H groups in total. The molecule has 0 unspecified atom stereocenters. The van der Waals surface area contributed by atoms with E-state index in [1.807, 2.05) is 35.7 Å². The van der Waals surface area contributed by atoms with Gasteiger partial charge in [0.25, 0.3) is 5.91 Å². The molecule has 5 nitrogen and oxygen atoms in total. The first-order chi connectivity index (χ1) is 14.2. The van der Waals surface area contributed by atoms with Gasteiger partial charge < -0.3 is 9.47 Å². The number of nitrogens with zero attached hydrogens (tertiary/aromatic N) is 2. The third-order valence-corrected chi connectivity index (χ3v) is 5.75. The van der Waals surface area contributed by atoms with Crippen LogP contribution >= 0.6 is 11.3 Å². The zero-order chi connectivity index (χ0) is 20.1. The van der Waals surface area contributed by atoms with Gasteiger partial charge >= 0.3 is 0 Å². The Hall–Kier alpha value is -2.70. The number of thiazole rings is 1. The summed E-state index contributed by atoms with van der Waals surface area (Å²) in [7, 11) is 0. The maximum absolute atomic E-state index is 13.0. The molecule has 6 heteroatoms. The maximum Gasteiger partial charge on any atom is 0.266 e. The normalized spacial score (nSPS) is 16.0. The lowest BCUT2D eigenvalue weighted by molar-refractivity contribution is -0.120. The van der Waals surface area contributed by atoms with Crippen LogP contribution in [0.4, 0.5) is 5.13 Å². The van der Waals surface area contributed by atoms with E-state index in [-0.39, 0.29) is 18.6 Å². The van der Waals surface area contributed by atoms with E-state index in [9.17, 15) is 4.79 Å². The molecule has 1 aliphatic heterocycles. The van der Waals surface area contributed by atoms with Gasteiger partial charge in [-0.05, 0) is 31.9 Å². The highest BCUT2D eigenvalue weighted by molar-refractivity contribution is 7.14. The Bertz CT molecular complexity index is 934. The summed E-state index contributed by atoms with van der Waals surface area (Å²) in [5, 5.41) is 2.67. The second kappa shape index (κ2) is 9.20. The Morgan fingerprint density at radius 1 is 1.21 bits per heavy atom. The van der Waals surface area contributed by atoms with Crippen LogP contribution in [-0.4, -0.2) is 36.8 Å². The second-order valence-corrected chi connectivity index (χ2v) is 7.96. The van der Waals surface area contributed by atoms with Crippen molar-refractivity contribution in [2.75, 3.05) is 24.7 Å². The monoisotopic (exact) mass is 408 g/mol. The summed E-state index contributed by atoms with van der Waals surface area (Å²) in [6.07, 6.45) is 2.03. The van der Waals surface area contributed by atoms with E-state index >= 15 is 0 Å². The van der Waals surface area contributed by atoms with Crippen molar-refractivity contribution in [3.63, 3.8) is 0 Å². The Morgan fingerprint density at radius 2 is 2.00 bits per heavy atom. The van der Waals surface area contributed by atoms with Crippen LogP contribution in [-0.2, 0) is 9.53 Å². The number of hydrogen-bond acceptors (Lipinski definition) is 5. The second-order valence-electron chi connectivity index (χ2n) is 7.12. The molecule has 1 aromatic heterocycles. The molecule has 150 valence electrons. The number of carbonyl (C=O) groups is 1. The van der Waals surface area contributed by atoms with Gasteiger partial charge in [-0.25, -0.2) is 4.98 Å². The SMILES string of the molecule is Cc1ccc(-c2csc(N(C[C@@H]3CCCO3)C(=O)COc3ccccc3)n2)cc1. The quantitative estimate of drug-likeness (QED) is 0.568. The Kier molecular flexibility index (Phi) is 6.22. The molecule has 1 atom stereocenters. The number of rotatable bonds is 7. The zero-order valence-electron chi connectivity index (χ0n) is 16.4. The van der Waals surface area contributed by atoms with E-state index in [0.717, 1.165) is 30.7 Å². The van der Waals surface area contributed by atoms with Gasteiger partial charge in [-0.3, -0.25) is 9.69 Å². The lowest BCUT2D eigenvalue weighted by Gasteiger charge is -2.23. The van der Waals surface area contributed by atoms with Crippen LogP contribution < -0.4 is 9.64 Å².